The number of nitrogens with zero attached hydrogens (tertiary/aromatic N) is 2. The molecule has 0 amide bonds. The molecule has 0 aliphatic heterocycles. The fourth-order valence-electron chi connectivity index (χ4n) is 2.84. The average Bonchev–Trinajstić information content (AvgIpc) is 3.19. The molecule has 3 rings (SSSR count). The molecule has 2 heterocycles. The van der Waals surface area contributed by atoms with Crippen LogP contribution in [-0.4, -0.2) is 16.7 Å². The van der Waals surface area contributed by atoms with Gasteiger partial charge in [0.2, 0.25) is 5.88 Å². The Labute approximate surface area is 175 Å². The highest BCUT2D eigenvalue weighted by Gasteiger charge is 2.11. The maximum Gasteiger partial charge on any atom is 0.213 e. The molecular formula is C24H24FN3O2. The molecule has 30 heavy (non-hydrogen) atoms. The largest absolute Gasteiger partial charge is 0.477 e. The first-order chi connectivity index (χ1) is 14.6. The van der Waals surface area contributed by atoms with Crippen molar-refractivity contribution in [2.45, 2.75) is 19.8 Å². The number of ether oxygens (including phenoxy) is 1. The SMILES string of the molecule is C=C(N)/C(=C\C=C/C)c1cc(Cc2ccc(OCCc3ccccc3F)nc2)no1. The summed E-state index contributed by atoms with van der Waals surface area (Å²) in [6.45, 7) is 6.05. The van der Waals surface area contributed by atoms with Gasteiger partial charge in [0.1, 0.15) is 5.82 Å². The molecule has 154 valence electrons. The van der Waals surface area contributed by atoms with Crippen molar-refractivity contribution in [2.24, 2.45) is 5.73 Å². The quantitative estimate of drug-likeness (QED) is 0.515. The van der Waals surface area contributed by atoms with Crippen molar-refractivity contribution in [1.29, 1.82) is 0 Å². The van der Waals surface area contributed by atoms with E-state index in [1.807, 2.05) is 43.4 Å². The monoisotopic (exact) mass is 405 g/mol. The minimum absolute atomic E-state index is 0.224. The van der Waals surface area contributed by atoms with Gasteiger partial charge in [-0.05, 0) is 30.2 Å². The van der Waals surface area contributed by atoms with E-state index in [0.717, 1.165) is 11.3 Å². The summed E-state index contributed by atoms with van der Waals surface area (Å²) in [6, 6.07) is 12.2. The molecule has 0 aliphatic rings. The summed E-state index contributed by atoms with van der Waals surface area (Å²) >= 11 is 0. The molecule has 3 aromatic rings. The highest BCUT2D eigenvalue weighted by atomic mass is 19.1. The molecule has 5 nitrogen and oxygen atoms in total. The summed E-state index contributed by atoms with van der Waals surface area (Å²) < 4.78 is 24.7. The van der Waals surface area contributed by atoms with Crippen LogP contribution in [0.1, 0.15) is 29.5 Å². The predicted molar refractivity (Wildman–Crippen MR) is 115 cm³/mol. The van der Waals surface area contributed by atoms with Gasteiger partial charge in [0.05, 0.1) is 12.3 Å². The maximum atomic E-state index is 13.6. The Bertz CT molecular complexity index is 1050. The zero-order valence-corrected chi connectivity index (χ0v) is 16.8. The summed E-state index contributed by atoms with van der Waals surface area (Å²) in [5, 5.41) is 4.11. The van der Waals surface area contributed by atoms with Crippen molar-refractivity contribution in [3.8, 4) is 5.88 Å². The molecule has 0 radical (unpaired) electrons. The molecule has 0 spiro atoms. The zero-order chi connectivity index (χ0) is 21.3. The van der Waals surface area contributed by atoms with E-state index in [4.69, 9.17) is 15.0 Å². The Balaban J connectivity index is 1.57. The molecular weight excluding hydrogens is 381 g/mol. The first kappa shape index (κ1) is 21.0. The summed E-state index contributed by atoms with van der Waals surface area (Å²) in [7, 11) is 0. The smallest absolute Gasteiger partial charge is 0.213 e. The lowest BCUT2D eigenvalue weighted by Crippen LogP contribution is -2.04. The first-order valence-electron chi connectivity index (χ1n) is 9.61. The van der Waals surface area contributed by atoms with E-state index >= 15 is 0 Å². The fourth-order valence-corrected chi connectivity index (χ4v) is 2.84. The standard InChI is InChI=1S/C24H24FN3O2/c1-3-4-8-21(17(2)26)23-15-20(28-30-23)14-18-10-11-24(27-16-18)29-13-12-19-7-5-6-9-22(19)25/h3-11,15-16H,2,12-14,26H2,1H3/b4-3-,21-8+. The molecule has 0 bridgehead atoms. The minimum atomic E-state index is -0.224. The molecule has 0 fully saturated rings. The van der Waals surface area contributed by atoms with Crippen molar-refractivity contribution in [2.75, 3.05) is 6.61 Å². The van der Waals surface area contributed by atoms with Gasteiger partial charge >= 0.3 is 0 Å². The van der Waals surface area contributed by atoms with Gasteiger partial charge in [-0.3, -0.25) is 0 Å². The Morgan fingerprint density at radius 2 is 2.10 bits per heavy atom. The molecule has 0 saturated carbocycles. The normalized spacial score (nSPS) is 11.7. The topological polar surface area (TPSA) is 74.2 Å². The highest BCUT2D eigenvalue weighted by Crippen LogP contribution is 2.21. The van der Waals surface area contributed by atoms with Crippen molar-refractivity contribution in [3.63, 3.8) is 0 Å². The van der Waals surface area contributed by atoms with Gasteiger partial charge in [0.25, 0.3) is 0 Å². The Morgan fingerprint density at radius 1 is 1.27 bits per heavy atom. The number of nitrogens with two attached hydrogens (primary N) is 1. The van der Waals surface area contributed by atoms with E-state index in [2.05, 4.69) is 16.7 Å². The molecule has 6 heteroatoms. The van der Waals surface area contributed by atoms with E-state index in [0.29, 0.717) is 47.9 Å². The van der Waals surface area contributed by atoms with Crippen LogP contribution in [0, 0.1) is 5.82 Å². The summed E-state index contributed by atoms with van der Waals surface area (Å²) in [6.07, 6.45) is 8.36. The third kappa shape index (κ3) is 5.67. The van der Waals surface area contributed by atoms with Crippen molar-refractivity contribution < 1.29 is 13.7 Å². The third-order valence-corrected chi connectivity index (χ3v) is 4.39. The molecule has 1 aromatic carbocycles. The number of hydrogen-bond acceptors (Lipinski definition) is 5. The number of halogens is 1. The lowest BCUT2D eigenvalue weighted by Gasteiger charge is -2.06. The van der Waals surface area contributed by atoms with Crippen LogP contribution in [0.2, 0.25) is 0 Å². The molecule has 2 aromatic heterocycles. The zero-order valence-electron chi connectivity index (χ0n) is 16.8. The van der Waals surface area contributed by atoms with E-state index < -0.39 is 0 Å². The van der Waals surface area contributed by atoms with Crippen LogP contribution in [0.25, 0.3) is 5.57 Å². The summed E-state index contributed by atoms with van der Waals surface area (Å²) in [5.74, 6) is 0.835. The Hall–Kier alpha value is -3.67. The van der Waals surface area contributed by atoms with Crippen molar-refractivity contribution in [3.05, 3.63) is 108 Å². The number of allylic oxidation sites excluding steroid dienone is 4. The Morgan fingerprint density at radius 3 is 2.80 bits per heavy atom. The maximum absolute atomic E-state index is 13.6. The van der Waals surface area contributed by atoms with Crippen LogP contribution in [0.5, 0.6) is 5.88 Å². The van der Waals surface area contributed by atoms with Crippen LogP contribution in [0.4, 0.5) is 4.39 Å². The van der Waals surface area contributed by atoms with E-state index in [-0.39, 0.29) is 5.82 Å². The third-order valence-electron chi connectivity index (χ3n) is 4.39. The predicted octanol–water partition coefficient (Wildman–Crippen LogP) is 4.85. The van der Waals surface area contributed by atoms with Crippen LogP contribution < -0.4 is 10.5 Å². The second-order valence-corrected chi connectivity index (χ2v) is 6.69. The van der Waals surface area contributed by atoms with Crippen LogP contribution >= 0.6 is 0 Å². The van der Waals surface area contributed by atoms with Gasteiger partial charge in [-0.25, -0.2) is 9.37 Å². The lowest BCUT2D eigenvalue weighted by atomic mass is 10.1. The van der Waals surface area contributed by atoms with Crippen LogP contribution in [-0.2, 0) is 12.8 Å². The summed E-state index contributed by atoms with van der Waals surface area (Å²) in [4.78, 5) is 4.31. The molecule has 0 aliphatic carbocycles. The number of rotatable bonds is 9. The summed E-state index contributed by atoms with van der Waals surface area (Å²) in [5.41, 5.74) is 9.29. The van der Waals surface area contributed by atoms with Crippen molar-refractivity contribution in [1.82, 2.24) is 10.1 Å². The van der Waals surface area contributed by atoms with Crippen LogP contribution in [0.15, 0.2) is 83.7 Å². The first-order valence-corrected chi connectivity index (χ1v) is 9.61. The van der Waals surface area contributed by atoms with Crippen molar-refractivity contribution >= 4 is 5.57 Å². The van der Waals surface area contributed by atoms with E-state index in [9.17, 15) is 4.39 Å². The number of benzene rings is 1. The lowest BCUT2D eigenvalue weighted by molar-refractivity contribution is 0.307. The number of pyridine rings is 1. The fraction of sp³-hybridized carbons (Fsp3) is 0.167. The second kappa shape index (κ2) is 10.2. The van der Waals surface area contributed by atoms with E-state index in [1.165, 1.54) is 6.07 Å². The second-order valence-electron chi connectivity index (χ2n) is 6.69. The molecule has 2 N–H and O–H groups in total. The van der Waals surface area contributed by atoms with E-state index in [1.54, 1.807) is 24.4 Å². The van der Waals surface area contributed by atoms with Gasteiger partial charge in [-0.1, -0.05) is 48.2 Å². The minimum Gasteiger partial charge on any atom is -0.477 e. The van der Waals surface area contributed by atoms with Gasteiger partial charge in [-0.2, -0.15) is 0 Å². The highest BCUT2D eigenvalue weighted by molar-refractivity contribution is 5.75. The van der Waals surface area contributed by atoms with Gasteiger partial charge in [0, 0.05) is 42.4 Å². The number of aromatic nitrogens is 2. The van der Waals surface area contributed by atoms with Gasteiger partial charge < -0.3 is 15.0 Å². The van der Waals surface area contributed by atoms with Gasteiger partial charge in [-0.15, -0.1) is 0 Å². The molecule has 0 saturated heterocycles. The van der Waals surface area contributed by atoms with Gasteiger partial charge in [0.15, 0.2) is 5.76 Å². The number of hydrogen-bond donors (Lipinski definition) is 1. The average molecular weight is 405 g/mol. The molecule has 0 unspecified atom stereocenters. The van der Waals surface area contributed by atoms with Crippen LogP contribution in [0.3, 0.4) is 0 Å². The Kier molecular flexibility index (Phi) is 7.16. The molecule has 0 atom stereocenters.